The number of carbonyl (C=O) groups is 2. The topological polar surface area (TPSA) is 66.4 Å². The Morgan fingerprint density at radius 1 is 1.32 bits per heavy atom. The number of amides is 1. The van der Waals surface area contributed by atoms with E-state index >= 15 is 0 Å². The highest BCUT2D eigenvalue weighted by Crippen LogP contribution is 2.28. The summed E-state index contributed by atoms with van der Waals surface area (Å²) in [6.07, 6.45) is 8.22. The number of nitrogens with one attached hydrogen (secondary N) is 1. The number of carboxylic acid groups (broad SMARTS) is 1. The Balaban J connectivity index is 1.84. The first kappa shape index (κ1) is 17.0. The van der Waals surface area contributed by atoms with Gasteiger partial charge in [0.15, 0.2) is 0 Å². The van der Waals surface area contributed by atoms with Gasteiger partial charge in [-0.25, -0.2) is 0 Å². The van der Waals surface area contributed by atoms with Crippen molar-refractivity contribution >= 4 is 23.2 Å². The molecule has 0 spiro atoms. The molecule has 0 radical (unpaired) electrons. The summed E-state index contributed by atoms with van der Waals surface area (Å²) in [5, 5.41) is 13.9. The molecule has 1 aromatic heterocycles. The van der Waals surface area contributed by atoms with Crippen molar-refractivity contribution in [1.82, 2.24) is 5.32 Å². The summed E-state index contributed by atoms with van der Waals surface area (Å²) in [6, 6.07) is 3.89. The molecule has 0 bridgehead atoms. The van der Waals surface area contributed by atoms with Gasteiger partial charge in [0.05, 0.1) is 6.42 Å². The minimum absolute atomic E-state index is 0.00772. The zero-order valence-electron chi connectivity index (χ0n) is 12.9. The summed E-state index contributed by atoms with van der Waals surface area (Å²) in [5.41, 5.74) is 0. The number of hydrogen-bond donors (Lipinski definition) is 2. The second-order valence-corrected chi connectivity index (χ2v) is 7.22. The van der Waals surface area contributed by atoms with Crippen molar-refractivity contribution in [3.63, 3.8) is 0 Å². The maximum atomic E-state index is 12.2. The molecule has 1 heterocycles. The Morgan fingerprint density at radius 2 is 2.09 bits per heavy atom. The van der Waals surface area contributed by atoms with Gasteiger partial charge in [-0.15, -0.1) is 11.3 Å². The minimum Gasteiger partial charge on any atom is -0.481 e. The summed E-state index contributed by atoms with van der Waals surface area (Å²) in [7, 11) is 0. The van der Waals surface area contributed by atoms with Gasteiger partial charge in [0.2, 0.25) is 5.91 Å². The van der Waals surface area contributed by atoms with E-state index in [1.54, 1.807) is 11.3 Å². The normalized spacial score (nSPS) is 17.1. The van der Waals surface area contributed by atoms with E-state index in [0.717, 1.165) is 11.3 Å². The highest BCUT2D eigenvalue weighted by molar-refractivity contribution is 7.10. The van der Waals surface area contributed by atoms with Crippen molar-refractivity contribution < 1.29 is 14.7 Å². The number of aliphatic carboxylic acids is 1. The van der Waals surface area contributed by atoms with Gasteiger partial charge in [0.1, 0.15) is 0 Å². The predicted molar refractivity (Wildman–Crippen MR) is 88.0 cm³/mol. The summed E-state index contributed by atoms with van der Waals surface area (Å²) < 4.78 is 0. The predicted octanol–water partition coefficient (Wildman–Crippen LogP) is 3.61. The largest absolute Gasteiger partial charge is 0.481 e. The fourth-order valence-corrected chi connectivity index (χ4v) is 3.93. The van der Waals surface area contributed by atoms with Crippen LogP contribution in [0.5, 0.6) is 0 Å². The van der Waals surface area contributed by atoms with E-state index in [2.05, 4.69) is 5.32 Å². The molecule has 2 N–H and O–H groups in total. The highest BCUT2D eigenvalue weighted by Gasteiger charge is 2.21. The molecule has 1 aliphatic carbocycles. The summed E-state index contributed by atoms with van der Waals surface area (Å²) in [5.74, 6) is -0.149. The molecule has 2 rings (SSSR count). The Kier molecular flexibility index (Phi) is 6.90. The molecule has 0 saturated heterocycles. The van der Waals surface area contributed by atoms with Crippen molar-refractivity contribution in [1.29, 1.82) is 0 Å². The Hall–Kier alpha value is -1.36. The Morgan fingerprint density at radius 3 is 2.73 bits per heavy atom. The molecule has 1 unspecified atom stereocenters. The van der Waals surface area contributed by atoms with Crippen LogP contribution in [0.25, 0.3) is 0 Å². The Bertz CT molecular complexity index is 466. The van der Waals surface area contributed by atoms with E-state index in [4.69, 9.17) is 5.11 Å². The van der Waals surface area contributed by atoms with Crippen LogP contribution in [0.15, 0.2) is 17.5 Å². The van der Waals surface area contributed by atoms with Crippen LogP contribution in [0, 0.1) is 5.92 Å². The minimum atomic E-state index is -0.791. The van der Waals surface area contributed by atoms with Crippen LogP contribution in [0.3, 0.4) is 0 Å². The molecule has 22 heavy (non-hydrogen) atoms. The molecule has 1 aliphatic rings. The second-order valence-electron chi connectivity index (χ2n) is 6.19. The zero-order chi connectivity index (χ0) is 15.8. The number of carboxylic acids is 1. The highest BCUT2D eigenvalue weighted by atomic mass is 32.1. The monoisotopic (exact) mass is 323 g/mol. The van der Waals surface area contributed by atoms with Gasteiger partial charge >= 0.3 is 5.97 Å². The summed E-state index contributed by atoms with van der Waals surface area (Å²) in [4.78, 5) is 24.0. The van der Waals surface area contributed by atoms with E-state index < -0.39 is 5.97 Å². The van der Waals surface area contributed by atoms with Crippen molar-refractivity contribution in [3.05, 3.63) is 22.4 Å². The van der Waals surface area contributed by atoms with Gasteiger partial charge in [0, 0.05) is 17.3 Å². The zero-order valence-corrected chi connectivity index (χ0v) is 13.7. The molecule has 0 aromatic carbocycles. The lowest BCUT2D eigenvalue weighted by molar-refractivity contribution is -0.137. The third kappa shape index (κ3) is 6.18. The third-order valence-corrected chi connectivity index (χ3v) is 5.21. The van der Waals surface area contributed by atoms with Gasteiger partial charge in [0.25, 0.3) is 0 Å². The fourth-order valence-electron chi connectivity index (χ4n) is 3.22. The molecule has 5 heteroatoms. The molecule has 122 valence electrons. The Labute approximate surface area is 135 Å². The van der Waals surface area contributed by atoms with Gasteiger partial charge in [-0.3, -0.25) is 9.59 Å². The van der Waals surface area contributed by atoms with E-state index in [0.29, 0.717) is 18.8 Å². The SMILES string of the molecule is O=C(O)CCC(CC1CCCCC1)NC(=O)Cc1cccs1. The standard InChI is InChI=1S/C17H25NO3S/c19-16(12-15-7-4-10-22-15)18-14(8-9-17(20)21)11-13-5-2-1-3-6-13/h4,7,10,13-14H,1-3,5-6,8-9,11-12H2,(H,18,19)(H,20,21). The molecule has 1 atom stereocenters. The molecule has 1 saturated carbocycles. The third-order valence-electron chi connectivity index (χ3n) is 4.33. The van der Waals surface area contributed by atoms with Crippen LogP contribution in [0.4, 0.5) is 0 Å². The number of carbonyl (C=O) groups excluding carboxylic acids is 1. The van der Waals surface area contributed by atoms with E-state index in [-0.39, 0.29) is 18.4 Å². The first-order chi connectivity index (χ1) is 10.6. The number of thiophene rings is 1. The number of rotatable bonds is 8. The molecule has 4 nitrogen and oxygen atoms in total. The average Bonchev–Trinajstić information content (AvgIpc) is 2.98. The smallest absolute Gasteiger partial charge is 0.303 e. The van der Waals surface area contributed by atoms with Crippen molar-refractivity contribution in [2.75, 3.05) is 0 Å². The van der Waals surface area contributed by atoms with Crippen LogP contribution in [0.2, 0.25) is 0 Å². The maximum Gasteiger partial charge on any atom is 0.303 e. The second kappa shape index (κ2) is 8.93. The van der Waals surface area contributed by atoms with E-state index in [9.17, 15) is 9.59 Å². The van der Waals surface area contributed by atoms with E-state index in [1.165, 1.54) is 32.1 Å². The average molecular weight is 323 g/mol. The molecular weight excluding hydrogens is 298 g/mol. The van der Waals surface area contributed by atoms with Gasteiger partial charge in [-0.05, 0) is 30.2 Å². The fraction of sp³-hybridized carbons (Fsp3) is 0.647. The van der Waals surface area contributed by atoms with Gasteiger partial charge in [-0.2, -0.15) is 0 Å². The first-order valence-electron chi connectivity index (χ1n) is 8.17. The molecular formula is C17H25NO3S. The lowest BCUT2D eigenvalue weighted by Crippen LogP contribution is -2.37. The molecule has 1 amide bonds. The van der Waals surface area contributed by atoms with Crippen LogP contribution in [-0.2, 0) is 16.0 Å². The number of hydrogen-bond acceptors (Lipinski definition) is 3. The van der Waals surface area contributed by atoms with Gasteiger partial charge in [-0.1, -0.05) is 38.2 Å². The molecule has 1 aromatic rings. The molecule has 0 aliphatic heterocycles. The van der Waals surface area contributed by atoms with Crippen LogP contribution in [-0.4, -0.2) is 23.0 Å². The van der Waals surface area contributed by atoms with Crippen LogP contribution in [0.1, 0.15) is 56.2 Å². The lowest BCUT2D eigenvalue weighted by Gasteiger charge is -2.27. The van der Waals surface area contributed by atoms with Gasteiger partial charge < -0.3 is 10.4 Å². The van der Waals surface area contributed by atoms with Crippen LogP contribution < -0.4 is 5.32 Å². The maximum absolute atomic E-state index is 12.2. The van der Waals surface area contributed by atoms with Crippen LogP contribution >= 0.6 is 11.3 Å². The van der Waals surface area contributed by atoms with Crippen molar-refractivity contribution in [3.8, 4) is 0 Å². The van der Waals surface area contributed by atoms with E-state index in [1.807, 2.05) is 17.5 Å². The summed E-state index contributed by atoms with van der Waals surface area (Å²) >= 11 is 1.58. The van der Waals surface area contributed by atoms with Crippen molar-refractivity contribution in [2.24, 2.45) is 5.92 Å². The summed E-state index contributed by atoms with van der Waals surface area (Å²) in [6.45, 7) is 0. The quantitative estimate of drug-likeness (QED) is 0.768. The van der Waals surface area contributed by atoms with Crippen molar-refractivity contribution in [2.45, 2.75) is 63.8 Å². The molecule has 1 fully saturated rings. The lowest BCUT2D eigenvalue weighted by atomic mass is 9.84. The first-order valence-corrected chi connectivity index (χ1v) is 9.05.